The average Bonchev–Trinajstić information content (AvgIpc) is 2.55. The summed E-state index contributed by atoms with van der Waals surface area (Å²) < 4.78 is 25.3. The fourth-order valence-electron chi connectivity index (χ4n) is 2.61. The molecule has 1 N–H and O–H groups in total. The summed E-state index contributed by atoms with van der Waals surface area (Å²) in [7, 11) is -3.47. The molecule has 134 valence electrons. The highest BCUT2D eigenvalue weighted by molar-refractivity contribution is 7.88. The number of para-hydroxylation sites is 1. The lowest BCUT2D eigenvalue weighted by Gasteiger charge is -2.20. The Morgan fingerprint density at radius 3 is 2.16 bits per heavy atom. The topological polar surface area (TPSA) is 66.5 Å². The Balaban J connectivity index is 2.05. The van der Waals surface area contributed by atoms with Crippen LogP contribution in [-0.2, 0) is 21.2 Å². The minimum absolute atomic E-state index is 0.195. The molecule has 6 heteroatoms. The smallest absolute Gasteiger partial charge is 0.239 e. The minimum Gasteiger partial charge on any atom is -0.324 e. The number of hydrogen-bond acceptors (Lipinski definition) is 3. The Hall–Kier alpha value is -2.18. The minimum atomic E-state index is -3.47. The lowest BCUT2D eigenvalue weighted by Crippen LogP contribution is -2.38. The van der Waals surface area contributed by atoms with Gasteiger partial charge in [-0.05, 0) is 37.0 Å². The van der Waals surface area contributed by atoms with Gasteiger partial charge in [-0.3, -0.25) is 4.79 Å². The van der Waals surface area contributed by atoms with E-state index in [1.54, 1.807) is 0 Å². The van der Waals surface area contributed by atoms with Gasteiger partial charge in [-0.1, -0.05) is 48.5 Å². The van der Waals surface area contributed by atoms with Crippen LogP contribution in [0.3, 0.4) is 0 Å². The van der Waals surface area contributed by atoms with E-state index < -0.39 is 10.0 Å². The third kappa shape index (κ3) is 5.69. The molecule has 0 bridgehead atoms. The van der Waals surface area contributed by atoms with E-state index >= 15 is 0 Å². The quantitative estimate of drug-likeness (QED) is 0.826. The van der Waals surface area contributed by atoms with E-state index in [0.717, 1.165) is 28.6 Å². The van der Waals surface area contributed by atoms with E-state index in [4.69, 9.17) is 0 Å². The van der Waals surface area contributed by atoms with Crippen molar-refractivity contribution < 1.29 is 13.2 Å². The number of rotatable bonds is 7. The van der Waals surface area contributed by atoms with Gasteiger partial charge in [-0.15, -0.1) is 0 Å². The summed E-state index contributed by atoms with van der Waals surface area (Å²) in [4.78, 5) is 12.4. The molecule has 0 radical (unpaired) electrons. The highest BCUT2D eigenvalue weighted by Gasteiger charge is 2.20. The molecule has 0 saturated heterocycles. The molecular formula is C19H24N2O3S. The molecule has 0 heterocycles. The molecule has 0 aliphatic rings. The number of carbonyl (C=O) groups is 1. The first-order valence-corrected chi connectivity index (χ1v) is 9.97. The molecule has 2 aromatic rings. The number of anilines is 1. The predicted molar refractivity (Wildman–Crippen MR) is 101 cm³/mol. The van der Waals surface area contributed by atoms with Gasteiger partial charge in [-0.2, -0.15) is 4.31 Å². The van der Waals surface area contributed by atoms with Crippen molar-refractivity contribution in [3.8, 4) is 0 Å². The van der Waals surface area contributed by atoms with Gasteiger partial charge in [0.25, 0.3) is 0 Å². The summed E-state index contributed by atoms with van der Waals surface area (Å²) >= 11 is 0. The van der Waals surface area contributed by atoms with Gasteiger partial charge in [0, 0.05) is 12.2 Å². The van der Waals surface area contributed by atoms with Gasteiger partial charge in [-0.25, -0.2) is 8.42 Å². The van der Waals surface area contributed by atoms with Gasteiger partial charge in [0.2, 0.25) is 15.9 Å². The Bertz CT molecular complexity index is 813. The molecule has 25 heavy (non-hydrogen) atoms. The number of nitrogens with one attached hydrogen (secondary N) is 1. The van der Waals surface area contributed by atoms with Crippen molar-refractivity contribution >= 4 is 21.6 Å². The van der Waals surface area contributed by atoms with Crippen molar-refractivity contribution in [2.24, 2.45) is 0 Å². The van der Waals surface area contributed by atoms with Crippen LogP contribution >= 0.6 is 0 Å². The van der Waals surface area contributed by atoms with Crippen LogP contribution in [0.5, 0.6) is 0 Å². The first kappa shape index (κ1) is 19.1. The zero-order chi connectivity index (χ0) is 18.4. The number of aryl methyl sites for hydroxylation is 2. The Morgan fingerprint density at radius 1 is 1.00 bits per heavy atom. The molecule has 0 aliphatic carbocycles. The van der Waals surface area contributed by atoms with E-state index in [1.807, 2.05) is 62.4 Å². The van der Waals surface area contributed by atoms with E-state index in [1.165, 1.54) is 4.31 Å². The van der Waals surface area contributed by atoms with Crippen molar-refractivity contribution in [3.05, 3.63) is 65.2 Å². The third-order valence-electron chi connectivity index (χ3n) is 4.03. The molecular weight excluding hydrogens is 336 g/mol. The van der Waals surface area contributed by atoms with Crippen molar-refractivity contribution in [1.82, 2.24) is 4.31 Å². The fourth-order valence-corrected chi connectivity index (χ4v) is 3.39. The Labute approximate surface area is 149 Å². The van der Waals surface area contributed by atoms with Gasteiger partial charge in [0.15, 0.2) is 0 Å². The Kier molecular flexibility index (Phi) is 6.33. The van der Waals surface area contributed by atoms with E-state index in [-0.39, 0.29) is 19.0 Å². The molecule has 0 spiro atoms. The van der Waals surface area contributed by atoms with Crippen LogP contribution < -0.4 is 5.32 Å². The van der Waals surface area contributed by atoms with E-state index in [0.29, 0.717) is 6.42 Å². The molecule has 5 nitrogen and oxygen atoms in total. The van der Waals surface area contributed by atoms with Crippen molar-refractivity contribution in [2.75, 3.05) is 24.7 Å². The summed E-state index contributed by atoms with van der Waals surface area (Å²) in [5.74, 6) is -0.337. The van der Waals surface area contributed by atoms with Crippen LogP contribution in [0.1, 0.15) is 16.7 Å². The summed E-state index contributed by atoms with van der Waals surface area (Å²) in [6, 6.07) is 15.4. The van der Waals surface area contributed by atoms with Crippen LogP contribution in [0.15, 0.2) is 48.5 Å². The van der Waals surface area contributed by atoms with Crippen molar-refractivity contribution in [1.29, 1.82) is 0 Å². The standard InChI is InChI=1S/C19H24N2O3S/c1-15-8-7-9-16(2)19(15)20-18(22)14-21(25(3,23)24)13-12-17-10-5-4-6-11-17/h4-11H,12-14H2,1-3H3,(H,20,22). The molecule has 0 fully saturated rings. The highest BCUT2D eigenvalue weighted by atomic mass is 32.2. The van der Waals surface area contributed by atoms with Crippen molar-refractivity contribution in [2.45, 2.75) is 20.3 Å². The van der Waals surface area contributed by atoms with Crippen LogP contribution in [0.2, 0.25) is 0 Å². The number of nitrogens with zero attached hydrogens (tertiary/aromatic N) is 1. The molecule has 2 rings (SSSR count). The number of sulfonamides is 1. The van der Waals surface area contributed by atoms with Gasteiger partial charge >= 0.3 is 0 Å². The zero-order valence-corrected chi connectivity index (χ0v) is 15.6. The molecule has 0 aromatic heterocycles. The number of hydrogen-bond donors (Lipinski definition) is 1. The number of amides is 1. The second-order valence-electron chi connectivity index (χ2n) is 6.15. The lowest BCUT2D eigenvalue weighted by atomic mass is 10.1. The summed E-state index contributed by atoms with van der Waals surface area (Å²) in [6.07, 6.45) is 1.69. The second kappa shape index (κ2) is 8.27. The largest absolute Gasteiger partial charge is 0.324 e. The first-order valence-electron chi connectivity index (χ1n) is 8.12. The normalized spacial score (nSPS) is 11.5. The van der Waals surface area contributed by atoms with Crippen LogP contribution in [0.4, 0.5) is 5.69 Å². The van der Waals surface area contributed by atoms with Gasteiger partial charge < -0.3 is 5.32 Å². The predicted octanol–water partition coefficient (Wildman–Crippen LogP) is 2.75. The van der Waals surface area contributed by atoms with E-state index in [2.05, 4.69) is 5.32 Å². The molecule has 0 saturated carbocycles. The second-order valence-corrected chi connectivity index (χ2v) is 8.13. The molecule has 2 aromatic carbocycles. The SMILES string of the molecule is Cc1cccc(C)c1NC(=O)CN(CCc1ccccc1)S(C)(=O)=O. The fraction of sp³-hybridized carbons (Fsp3) is 0.316. The van der Waals surface area contributed by atoms with E-state index in [9.17, 15) is 13.2 Å². The molecule has 0 unspecified atom stereocenters. The number of benzene rings is 2. The number of carbonyl (C=O) groups excluding carboxylic acids is 1. The summed E-state index contributed by atoms with van der Waals surface area (Å²) in [6.45, 7) is 3.89. The molecule has 1 amide bonds. The molecule has 0 aliphatic heterocycles. The maximum absolute atomic E-state index is 12.4. The lowest BCUT2D eigenvalue weighted by molar-refractivity contribution is -0.116. The average molecular weight is 360 g/mol. The van der Waals surface area contributed by atoms with Gasteiger partial charge in [0.05, 0.1) is 12.8 Å². The summed E-state index contributed by atoms with van der Waals surface area (Å²) in [5, 5.41) is 2.83. The van der Waals surface area contributed by atoms with Crippen LogP contribution in [0, 0.1) is 13.8 Å². The monoisotopic (exact) mass is 360 g/mol. The first-order chi connectivity index (χ1) is 11.8. The summed E-state index contributed by atoms with van der Waals surface area (Å²) in [5.41, 5.74) is 3.67. The molecule has 0 atom stereocenters. The maximum atomic E-state index is 12.4. The maximum Gasteiger partial charge on any atom is 0.239 e. The van der Waals surface area contributed by atoms with Crippen LogP contribution in [0.25, 0.3) is 0 Å². The zero-order valence-electron chi connectivity index (χ0n) is 14.8. The van der Waals surface area contributed by atoms with Crippen LogP contribution in [-0.4, -0.2) is 38.0 Å². The van der Waals surface area contributed by atoms with Gasteiger partial charge in [0.1, 0.15) is 0 Å². The third-order valence-corrected chi connectivity index (χ3v) is 5.28. The van der Waals surface area contributed by atoms with Crippen molar-refractivity contribution in [3.63, 3.8) is 0 Å². The Morgan fingerprint density at radius 2 is 1.60 bits per heavy atom. The highest BCUT2D eigenvalue weighted by Crippen LogP contribution is 2.19.